The first kappa shape index (κ1) is 16.7. The second-order valence-corrected chi connectivity index (χ2v) is 5.53. The van der Waals surface area contributed by atoms with Gasteiger partial charge in [0, 0.05) is 32.1 Å². The van der Waals surface area contributed by atoms with Crippen LogP contribution in [0.1, 0.15) is 26.6 Å². The Morgan fingerprint density at radius 3 is 2.30 bits per heavy atom. The Hall–Kier alpha value is -1.40. The SMILES string of the molecule is CCNc1cc(NCC(C)(O)CN(C)C)nc(CC)n1. The van der Waals surface area contributed by atoms with Crippen molar-refractivity contribution in [2.75, 3.05) is 44.4 Å². The molecule has 20 heavy (non-hydrogen) atoms. The Bertz CT molecular complexity index is 420. The summed E-state index contributed by atoms with van der Waals surface area (Å²) in [5.74, 6) is 2.35. The van der Waals surface area contributed by atoms with Gasteiger partial charge in [0.1, 0.15) is 17.5 Å². The Labute approximate surface area is 121 Å². The van der Waals surface area contributed by atoms with Gasteiger partial charge in [0.15, 0.2) is 0 Å². The molecule has 0 aliphatic rings. The molecule has 0 saturated heterocycles. The molecule has 114 valence electrons. The maximum atomic E-state index is 10.3. The fourth-order valence-electron chi connectivity index (χ4n) is 2.04. The van der Waals surface area contributed by atoms with E-state index >= 15 is 0 Å². The van der Waals surface area contributed by atoms with Crippen LogP contribution in [0, 0.1) is 0 Å². The zero-order valence-corrected chi connectivity index (χ0v) is 13.2. The van der Waals surface area contributed by atoms with Crippen LogP contribution in [0.4, 0.5) is 11.6 Å². The minimum absolute atomic E-state index is 0.441. The highest BCUT2D eigenvalue weighted by Gasteiger charge is 2.21. The average molecular weight is 281 g/mol. The molecule has 6 nitrogen and oxygen atoms in total. The van der Waals surface area contributed by atoms with E-state index in [1.165, 1.54) is 0 Å². The zero-order valence-electron chi connectivity index (χ0n) is 13.2. The molecule has 1 aromatic rings. The molecule has 1 heterocycles. The van der Waals surface area contributed by atoms with Crippen molar-refractivity contribution in [1.29, 1.82) is 0 Å². The highest BCUT2D eigenvalue weighted by molar-refractivity contribution is 5.47. The van der Waals surface area contributed by atoms with E-state index in [4.69, 9.17) is 0 Å². The van der Waals surface area contributed by atoms with E-state index in [2.05, 4.69) is 20.6 Å². The maximum Gasteiger partial charge on any atom is 0.132 e. The Kier molecular flexibility index (Phi) is 6.16. The topological polar surface area (TPSA) is 73.3 Å². The predicted octanol–water partition coefficient (Wildman–Crippen LogP) is 1.20. The van der Waals surface area contributed by atoms with Crippen LogP contribution < -0.4 is 10.6 Å². The Balaban J connectivity index is 2.73. The summed E-state index contributed by atoms with van der Waals surface area (Å²) in [5, 5.41) is 16.7. The third-order valence-electron chi connectivity index (χ3n) is 2.75. The molecule has 1 aromatic heterocycles. The fourth-order valence-corrected chi connectivity index (χ4v) is 2.04. The Morgan fingerprint density at radius 1 is 1.20 bits per heavy atom. The number of nitrogens with one attached hydrogen (secondary N) is 2. The van der Waals surface area contributed by atoms with Gasteiger partial charge in [-0.3, -0.25) is 0 Å². The lowest BCUT2D eigenvalue weighted by molar-refractivity contribution is 0.0459. The van der Waals surface area contributed by atoms with Gasteiger partial charge in [-0.15, -0.1) is 0 Å². The third-order valence-corrected chi connectivity index (χ3v) is 2.75. The van der Waals surface area contributed by atoms with Gasteiger partial charge in [-0.1, -0.05) is 6.92 Å². The van der Waals surface area contributed by atoms with Crippen LogP contribution in [-0.4, -0.2) is 59.3 Å². The van der Waals surface area contributed by atoms with E-state index in [1.807, 2.05) is 45.8 Å². The smallest absolute Gasteiger partial charge is 0.132 e. The average Bonchev–Trinajstić information content (AvgIpc) is 2.35. The largest absolute Gasteiger partial charge is 0.387 e. The van der Waals surface area contributed by atoms with E-state index in [1.54, 1.807) is 0 Å². The second-order valence-electron chi connectivity index (χ2n) is 5.53. The van der Waals surface area contributed by atoms with Gasteiger partial charge in [-0.05, 0) is 27.9 Å². The molecule has 0 spiro atoms. The van der Waals surface area contributed by atoms with Crippen LogP contribution in [0.25, 0.3) is 0 Å². The molecule has 0 radical (unpaired) electrons. The first-order chi connectivity index (χ1) is 9.36. The summed E-state index contributed by atoms with van der Waals surface area (Å²) in [4.78, 5) is 10.8. The monoisotopic (exact) mass is 281 g/mol. The van der Waals surface area contributed by atoms with Gasteiger partial charge < -0.3 is 20.6 Å². The van der Waals surface area contributed by atoms with Gasteiger partial charge >= 0.3 is 0 Å². The number of aryl methyl sites for hydroxylation is 1. The summed E-state index contributed by atoms with van der Waals surface area (Å²) < 4.78 is 0. The number of nitrogens with zero attached hydrogens (tertiary/aromatic N) is 3. The van der Waals surface area contributed by atoms with Crippen molar-refractivity contribution < 1.29 is 5.11 Å². The molecular weight excluding hydrogens is 254 g/mol. The summed E-state index contributed by atoms with van der Waals surface area (Å²) in [6.07, 6.45) is 0.780. The quantitative estimate of drug-likeness (QED) is 0.665. The van der Waals surface area contributed by atoms with E-state index in [9.17, 15) is 5.11 Å². The predicted molar refractivity (Wildman–Crippen MR) is 83.2 cm³/mol. The maximum absolute atomic E-state index is 10.3. The molecular formula is C14H27N5O. The summed E-state index contributed by atoms with van der Waals surface area (Å²) in [6.45, 7) is 7.72. The van der Waals surface area contributed by atoms with Crippen LogP contribution in [0.15, 0.2) is 6.07 Å². The number of likely N-dealkylation sites (N-methyl/N-ethyl adjacent to an activating group) is 1. The van der Waals surface area contributed by atoms with Crippen molar-refractivity contribution in [3.05, 3.63) is 11.9 Å². The van der Waals surface area contributed by atoms with Crippen molar-refractivity contribution >= 4 is 11.6 Å². The lowest BCUT2D eigenvalue weighted by atomic mass is 10.1. The Morgan fingerprint density at radius 2 is 1.80 bits per heavy atom. The van der Waals surface area contributed by atoms with Crippen LogP contribution in [0.2, 0.25) is 0 Å². The molecule has 0 amide bonds. The molecule has 0 aliphatic carbocycles. The lowest BCUT2D eigenvalue weighted by Gasteiger charge is -2.27. The molecule has 0 aromatic carbocycles. The van der Waals surface area contributed by atoms with Gasteiger partial charge in [0.2, 0.25) is 0 Å². The second kappa shape index (κ2) is 7.40. The zero-order chi connectivity index (χ0) is 15.2. The third kappa shape index (κ3) is 5.71. The molecule has 0 fully saturated rings. The van der Waals surface area contributed by atoms with Crippen molar-refractivity contribution in [3.8, 4) is 0 Å². The van der Waals surface area contributed by atoms with Crippen LogP contribution in [0.5, 0.6) is 0 Å². The number of anilines is 2. The first-order valence-corrected chi connectivity index (χ1v) is 7.09. The van der Waals surface area contributed by atoms with E-state index in [-0.39, 0.29) is 0 Å². The molecule has 1 unspecified atom stereocenters. The number of hydrogen-bond acceptors (Lipinski definition) is 6. The fraction of sp³-hybridized carbons (Fsp3) is 0.714. The minimum Gasteiger partial charge on any atom is -0.387 e. The normalized spacial score (nSPS) is 14.2. The summed E-state index contributed by atoms with van der Waals surface area (Å²) in [6, 6.07) is 1.87. The molecule has 6 heteroatoms. The number of aromatic nitrogens is 2. The van der Waals surface area contributed by atoms with Gasteiger partial charge in [-0.2, -0.15) is 0 Å². The number of hydrogen-bond donors (Lipinski definition) is 3. The van der Waals surface area contributed by atoms with E-state index in [0.29, 0.717) is 13.1 Å². The van der Waals surface area contributed by atoms with Crippen molar-refractivity contribution in [2.45, 2.75) is 32.8 Å². The van der Waals surface area contributed by atoms with Crippen molar-refractivity contribution in [3.63, 3.8) is 0 Å². The minimum atomic E-state index is -0.806. The highest BCUT2D eigenvalue weighted by Crippen LogP contribution is 2.13. The highest BCUT2D eigenvalue weighted by atomic mass is 16.3. The molecule has 1 atom stereocenters. The summed E-state index contributed by atoms with van der Waals surface area (Å²) in [7, 11) is 3.88. The number of rotatable bonds is 8. The van der Waals surface area contributed by atoms with Crippen LogP contribution in [0.3, 0.4) is 0 Å². The summed E-state index contributed by atoms with van der Waals surface area (Å²) in [5.41, 5.74) is -0.806. The molecule has 0 bridgehead atoms. The molecule has 1 rings (SSSR count). The lowest BCUT2D eigenvalue weighted by Crippen LogP contribution is -2.43. The van der Waals surface area contributed by atoms with Crippen molar-refractivity contribution in [1.82, 2.24) is 14.9 Å². The van der Waals surface area contributed by atoms with E-state index in [0.717, 1.165) is 30.4 Å². The molecule has 0 aliphatic heterocycles. The van der Waals surface area contributed by atoms with Gasteiger partial charge in [0.25, 0.3) is 0 Å². The van der Waals surface area contributed by atoms with E-state index < -0.39 is 5.60 Å². The van der Waals surface area contributed by atoms with Crippen LogP contribution in [-0.2, 0) is 6.42 Å². The standard InChI is InChI=1S/C14H27N5O/c1-6-11-17-12(15-7-2)8-13(18-11)16-9-14(3,20)10-19(4)5/h8,20H,6-7,9-10H2,1-5H3,(H2,15,16,17,18). The molecule has 0 saturated carbocycles. The summed E-state index contributed by atoms with van der Waals surface area (Å²) >= 11 is 0. The number of aliphatic hydroxyl groups is 1. The van der Waals surface area contributed by atoms with Crippen molar-refractivity contribution in [2.24, 2.45) is 0 Å². The molecule has 3 N–H and O–H groups in total. The van der Waals surface area contributed by atoms with Gasteiger partial charge in [0.05, 0.1) is 5.60 Å². The van der Waals surface area contributed by atoms with Crippen LogP contribution >= 0.6 is 0 Å². The first-order valence-electron chi connectivity index (χ1n) is 7.09. The van der Waals surface area contributed by atoms with Gasteiger partial charge in [-0.25, -0.2) is 9.97 Å².